The number of carbonyl (C=O) groups is 2. The van der Waals surface area contributed by atoms with Gasteiger partial charge in [-0.25, -0.2) is 0 Å². The molecular weight excluding hydrogens is 242 g/mol. The zero-order valence-electron chi connectivity index (χ0n) is 11.8. The van der Waals surface area contributed by atoms with Crippen molar-refractivity contribution in [2.24, 2.45) is 11.1 Å². The Balaban J connectivity index is 1.79. The van der Waals surface area contributed by atoms with E-state index in [0.29, 0.717) is 13.0 Å². The van der Waals surface area contributed by atoms with E-state index >= 15 is 0 Å². The van der Waals surface area contributed by atoms with Crippen LogP contribution in [0, 0.1) is 5.41 Å². The highest BCUT2D eigenvalue weighted by molar-refractivity contribution is 5.87. The summed E-state index contributed by atoms with van der Waals surface area (Å²) in [6.45, 7) is 3.99. The summed E-state index contributed by atoms with van der Waals surface area (Å²) in [5, 5.41) is 2.83. The lowest BCUT2D eigenvalue weighted by Gasteiger charge is -2.40. The third-order valence-corrected chi connectivity index (χ3v) is 4.55. The van der Waals surface area contributed by atoms with Crippen molar-refractivity contribution < 1.29 is 9.59 Å². The van der Waals surface area contributed by atoms with E-state index in [-0.39, 0.29) is 17.2 Å². The zero-order valence-corrected chi connectivity index (χ0v) is 11.8. The van der Waals surface area contributed by atoms with E-state index in [1.165, 1.54) is 0 Å². The monoisotopic (exact) mass is 267 g/mol. The third kappa shape index (κ3) is 3.26. The van der Waals surface area contributed by atoms with Gasteiger partial charge in [-0.2, -0.15) is 0 Å². The molecule has 0 aromatic rings. The molecule has 1 aliphatic carbocycles. The molecule has 0 bridgehead atoms. The van der Waals surface area contributed by atoms with Crippen molar-refractivity contribution in [3.05, 3.63) is 0 Å². The van der Waals surface area contributed by atoms with Crippen LogP contribution in [0.25, 0.3) is 0 Å². The SMILES string of the molecule is CC(NC(=O)CC1(CN)CCC1)C(=O)N1CCCC1. The van der Waals surface area contributed by atoms with Crippen molar-refractivity contribution in [2.75, 3.05) is 19.6 Å². The van der Waals surface area contributed by atoms with Crippen LogP contribution in [0.2, 0.25) is 0 Å². The van der Waals surface area contributed by atoms with Crippen LogP contribution in [0.4, 0.5) is 0 Å². The fourth-order valence-electron chi connectivity index (χ4n) is 3.04. The molecule has 0 aromatic carbocycles. The maximum absolute atomic E-state index is 12.1. The van der Waals surface area contributed by atoms with E-state index in [0.717, 1.165) is 45.2 Å². The second kappa shape index (κ2) is 5.90. The van der Waals surface area contributed by atoms with Gasteiger partial charge in [-0.3, -0.25) is 9.59 Å². The van der Waals surface area contributed by atoms with E-state index in [4.69, 9.17) is 5.73 Å². The molecule has 19 heavy (non-hydrogen) atoms. The van der Waals surface area contributed by atoms with Crippen molar-refractivity contribution in [1.82, 2.24) is 10.2 Å². The van der Waals surface area contributed by atoms with Gasteiger partial charge in [0.25, 0.3) is 0 Å². The number of rotatable bonds is 5. The number of amides is 2. The van der Waals surface area contributed by atoms with E-state index in [1.807, 2.05) is 4.90 Å². The van der Waals surface area contributed by atoms with E-state index in [9.17, 15) is 9.59 Å². The smallest absolute Gasteiger partial charge is 0.244 e. The lowest BCUT2D eigenvalue weighted by molar-refractivity contribution is -0.136. The Hall–Kier alpha value is -1.10. The molecule has 0 aromatic heterocycles. The molecule has 2 rings (SSSR count). The largest absolute Gasteiger partial charge is 0.345 e. The average molecular weight is 267 g/mol. The van der Waals surface area contributed by atoms with Gasteiger partial charge in [0, 0.05) is 19.5 Å². The molecule has 1 saturated carbocycles. The van der Waals surface area contributed by atoms with Crippen LogP contribution in [-0.4, -0.2) is 42.4 Å². The molecule has 1 saturated heterocycles. The predicted molar refractivity (Wildman–Crippen MR) is 73.4 cm³/mol. The van der Waals surface area contributed by atoms with Gasteiger partial charge in [0.15, 0.2) is 0 Å². The van der Waals surface area contributed by atoms with Crippen molar-refractivity contribution >= 4 is 11.8 Å². The molecule has 0 radical (unpaired) electrons. The molecule has 3 N–H and O–H groups in total. The normalized spacial score (nSPS) is 22.7. The van der Waals surface area contributed by atoms with Crippen LogP contribution < -0.4 is 11.1 Å². The zero-order chi connectivity index (χ0) is 13.9. The molecule has 1 aliphatic heterocycles. The van der Waals surface area contributed by atoms with Gasteiger partial charge in [-0.05, 0) is 44.6 Å². The quantitative estimate of drug-likeness (QED) is 0.767. The average Bonchev–Trinajstić information content (AvgIpc) is 2.86. The highest BCUT2D eigenvalue weighted by atomic mass is 16.2. The summed E-state index contributed by atoms with van der Waals surface area (Å²) in [6.07, 6.45) is 5.83. The minimum absolute atomic E-state index is 0.000491. The Bertz CT molecular complexity index is 341. The van der Waals surface area contributed by atoms with Crippen molar-refractivity contribution in [3.8, 4) is 0 Å². The summed E-state index contributed by atoms with van der Waals surface area (Å²) in [5.74, 6) is 0.00598. The van der Waals surface area contributed by atoms with E-state index < -0.39 is 6.04 Å². The van der Waals surface area contributed by atoms with Crippen molar-refractivity contribution in [3.63, 3.8) is 0 Å². The molecule has 1 unspecified atom stereocenters. The number of nitrogens with zero attached hydrogens (tertiary/aromatic N) is 1. The summed E-state index contributed by atoms with van der Waals surface area (Å²) in [5.41, 5.74) is 5.75. The Morgan fingerprint density at radius 1 is 1.26 bits per heavy atom. The molecule has 2 aliphatic rings. The van der Waals surface area contributed by atoms with Crippen molar-refractivity contribution in [1.29, 1.82) is 0 Å². The van der Waals surface area contributed by atoms with Crippen LogP contribution >= 0.6 is 0 Å². The van der Waals surface area contributed by atoms with E-state index in [2.05, 4.69) is 5.32 Å². The highest BCUT2D eigenvalue weighted by Crippen LogP contribution is 2.42. The minimum atomic E-state index is -0.416. The maximum atomic E-state index is 12.1. The third-order valence-electron chi connectivity index (χ3n) is 4.55. The second-order valence-electron chi connectivity index (χ2n) is 6.06. The van der Waals surface area contributed by atoms with Crippen LogP contribution in [-0.2, 0) is 9.59 Å². The fourth-order valence-corrected chi connectivity index (χ4v) is 3.04. The lowest BCUT2D eigenvalue weighted by atomic mass is 9.66. The van der Waals surface area contributed by atoms with Crippen molar-refractivity contribution in [2.45, 2.75) is 51.5 Å². The van der Waals surface area contributed by atoms with Gasteiger partial charge in [-0.15, -0.1) is 0 Å². The van der Waals surface area contributed by atoms with Gasteiger partial charge in [0.2, 0.25) is 11.8 Å². The summed E-state index contributed by atoms with van der Waals surface area (Å²) in [6, 6.07) is -0.416. The Morgan fingerprint density at radius 2 is 1.89 bits per heavy atom. The number of hydrogen-bond donors (Lipinski definition) is 2. The number of hydrogen-bond acceptors (Lipinski definition) is 3. The van der Waals surface area contributed by atoms with Gasteiger partial charge in [0.1, 0.15) is 6.04 Å². The molecule has 108 valence electrons. The van der Waals surface area contributed by atoms with Gasteiger partial charge < -0.3 is 16.0 Å². The number of likely N-dealkylation sites (tertiary alicyclic amines) is 1. The molecule has 2 amide bonds. The molecule has 0 spiro atoms. The summed E-state index contributed by atoms with van der Waals surface area (Å²) < 4.78 is 0. The van der Waals surface area contributed by atoms with Gasteiger partial charge >= 0.3 is 0 Å². The Kier molecular flexibility index (Phi) is 4.45. The molecular formula is C14H25N3O2. The molecule has 1 heterocycles. The Labute approximate surface area is 114 Å². The highest BCUT2D eigenvalue weighted by Gasteiger charge is 2.38. The van der Waals surface area contributed by atoms with Gasteiger partial charge in [0.05, 0.1) is 0 Å². The first-order valence-electron chi connectivity index (χ1n) is 7.35. The fraction of sp³-hybridized carbons (Fsp3) is 0.857. The molecule has 5 heteroatoms. The predicted octanol–water partition coefficient (Wildman–Crippen LogP) is 0.633. The summed E-state index contributed by atoms with van der Waals surface area (Å²) in [7, 11) is 0. The number of nitrogens with two attached hydrogens (primary N) is 1. The van der Waals surface area contributed by atoms with Gasteiger partial charge in [-0.1, -0.05) is 6.42 Å². The summed E-state index contributed by atoms with van der Waals surface area (Å²) >= 11 is 0. The van der Waals surface area contributed by atoms with E-state index in [1.54, 1.807) is 6.92 Å². The second-order valence-corrected chi connectivity index (χ2v) is 6.06. The van der Waals surface area contributed by atoms with Crippen LogP contribution in [0.5, 0.6) is 0 Å². The Morgan fingerprint density at radius 3 is 2.37 bits per heavy atom. The molecule has 5 nitrogen and oxygen atoms in total. The molecule has 2 fully saturated rings. The number of nitrogens with one attached hydrogen (secondary N) is 1. The van der Waals surface area contributed by atoms with Crippen LogP contribution in [0.1, 0.15) is 45.4 Å². The first-order valence-corrected chi connectivity index (χ1v) is 7.35. The molecule has 1 atom stereocenters. The van der Waals surface area contributed by atoms with Crippen LogP contribution in [0.15, 0.2) is 0 Å². The standard InChI is InChI=1S/C14H25N3O2/c1-11(13(19)17-7-2-3-8-17)16-12(18)9-14(10-15)5-4-6-14/h11H,2-10,15H2,1H3,(H,16,18). The maximum Gasteiger partial charge on any atom is 0.244 e. The first-order chi connectivity index (χ1) is 9.06. The summed E-state index contributed by atoms with van der Waals surface area (Å²) in [4.78, 5) is 25.9. The first kappa shape index (κ1) is 14.3. The minimum Gasteiger partial charge on any atom is -0.345 e. The lowest BCUT2D eigenvalue weighted by Crippen LogP contribution is -2.48. The number of carbonyl (C=O) groups excluding carboxylic acids is 2. The topological polar surface area (TPSA) is 75.4 Å². The van der Waals surface area contributed by atoms with Crippen LogP contribution in [0.3, 0.4) is 0 Å².